The van der Waals surface area contributed by atoms with Gasteiger partial charge in [-0.2, -0.15) is 0 Å². The summed E-state index contributed by atoms with van der Waals surface area (Å²) in [5.74, 6) is -0.320. The van der Waals surface area contributed by atoms with Crippen LogP contribution in [0.5, 0.6) is 5.75 Å². The third-order valence-corrected chi connectivity index (χ3v) is 3.95. The van der Waals surface area contributed by atoms with Gasteiger partial charge in [0, 0.05) is 27.7 Å². The first-order chi connectivity index (χ1) is 9.88. The average Bonchev–Trinajstić information content (AvgIpc) is 2.41. The smallest absolute Gasteiger partial charge is 0.123 e. The van der Waals surface area contributed by atoms with Crippen molar-refractivity contribution in [2.45, 2.75) is 25.9 Å². The van der Waals surface area contributed by atoms with Gasteiger partial charge in [0.15, 0.2) is 0 Å². The van der Waals surface area contributed by atoms with E-state index in [-0.39, 0.29) is 23.7 Å². The summed E-state index contributed by atoms with van der Waals surface area (Å²) in [6.07, 6.45) is 0. The molecule has 0 fully saturated rings. The minimum Gasteiger partial charge on any atom is -0.508 e. The molecule has 0 aromatic heterocycles. The van der Waals surface area contributed by atoms with Crippen LogP contribution in [-0.4, -0.2) is 5.11 Å². The van der Waals surface area contributed by atoms with Gasteiger partial charge in [-0.1, -0.05) is 29.3 Å². The normalized spacial score (nSPS) is 14.0. The van der Waals surface area contributed by atoms with E-state index in [4.69, 9.17) is 23.2 Å². The molecule has 2 aromatic carbocycles. The quantitative estimate of drug-likeness (QED) is 0.803. The molecule has 0 heterocycles. The molecule has 0 aliphatic carbocycles. The van der Waals surface area contributed by atoms with Gasteiger partial charge in [0.1, 0.15) is 11.6 Å². The Labute approximate surface area is 133 Å². The number of hydrogen-bond donors (Lipinski definition) is 2. The summed E-state index contributed by atoms with van der Waals surface area (Å²) in [5, 5.41) is 14.3. The molecule has 2 aromatic rings. The fraction of sp³-hybridized carbons (Fsp3) is 0.250. The Bertz CT molecular complexity index is 648. The predicted octanol–water partition coefficient (Wildman–Crippen LogP) is 5.25. The minimum atomic E-state index is -0.381. The molecule has 2 N–H and O–H groups in total. The second-order valence-electron chi connectivity index (χ2n) is 4.98. The first-order valence-electron chi connectivity index (χ1n) is 6.58. The van der Waals surface area contributed by atoms with Crippen LogP contribution >= 0.6 is 23.2 Å². The number of rotatable bonds is 4. The van der Waals surface area contributed by atoms with Crippen molar-refractivity contribution in [3.63, 3.8) is 0 Å². The van der Waals surface area contributed by atoms with E-state index in [9.17, 15) is 9.50 Å². The summed E-state index contributed by atoms with van der Waals surface area (Å²) in [4.78, 5) is 0. The Kier molecular flexibility index (Phi) is 5.09. The number of hydrogen-bond acceptors (Lipinski definition) is 2. The molecular formula is C16H16Cl2FNO. The molecule has 0 radical (unpaired) electrons. The van der Waals surface area contributed by atoms with Crippen molar-refractivity contribution in [3.8, 4) is 5.75 Å². The van der Waals surface area contributed by atoms with Gasteiger partial charge in [-0.15, -0.1) is 0 Å². The Morgan fingerprint density at radius 3 is 2.33 bits per heavy atom. The van der Waals surface area contributed by atoms with Gasteiger partial charge in [0.05, 0.1) is 0 Å². The maximum Gasteiger partial charge on any atom is 0.123 e. The number of phenols is 1. The summed E-state index contributed by atoms with van der Waals surface area (Å²) in [6, 6.07) is 8.89. The zero-order chi connectivity index (χ0) is 15.6. The van der Waals surface area contributed by atoms with E-state index >= 15 is 0 Å². The highest BCUT2D eigenvalue weighted by Crippen LogP contribution is 2.30. The summed E-state index contributed by atoms with van der Waals surface area (Å²) < 4.78 is 13.3. The lowest BCUT2D eigenvalue weighted by Gasteiger charge is -2.22. The molecule has 0 saturated carbocycles. The fourth-order valence-electron chi connectivity index (χ4n) is 2.28. The molecule has 0 spiro atoms. The third-order valence-electron chi connectivity index (χ3n) is 3.39. The number of aromatic hydroxyl groups is 1. The highest BCUT2D eigenvalue weighted by molar-refractivity contribution is 6.35. The van der Waals surface area contributed by atoms with E-state index in [1.807, 2.05) is 19.9 Å². The minimum absolute atomic E-state index is 0.0609. The Morgan fingerprint density at radius 2 is 1.67 bits per heavy atom. The van der Waals surface area contributed by atoms with Crippen LogP contribution in [0, 0.1) is 5.82 Å². The van der Waals surface area contributed by atoms with Crippen molar-refractivity contribution in [3.05, 3.63) is 63.4 Å². The van der Waals surface area contributed by atoms with Gasteiger partial charge in [0.25, 0.3) is 0 Å². The third kappa shape index (κ3) is 3.88. The molecule has 0 aliphatic rings. The summed E-state index contributed by atoms with van der Waals surface area (Å²) in [5.41, 5.74) is 1.40. The van der Waals surface area contributed by atoms with Crippen LogP contribution in [0.15, 0.2) is 36.4 Å². The van der Waals surface area contributed by atoms with Gasteiger partial charge < -0.3 is 10.4 Å². The molecule has 5 heteroatoms. The van der Waals surface area contributed by atoms with Gasteiger partial charge in [-0.05, 0) is 49.7 Å². The van der Waals surface area contributed by atoms with E-state index in [0.29, 0.717) is 15.6 Å². The van der Waals surface area contributed by atoms with Gasteiger partial charge in [0.2, 0.25) is 0 Å². The van der Waals surface area contributed by atoms with E-state index in [1.165, 1.54) is 18.2 Å². The fourth-order valence-corrected chi connectivity index (χ4v) is 2.85. The van der Waals surface area contributed by atoms with Crippen LogP contribution in [0.4, 0.5) is 4.39 Å². The molecular weight excluding hydrogens is 312 g/mol. The zero-order valence-electron chi connectivity index (χ0n) is 11.7. The molecule has 2 nitrogen and oxygen atoms in total. The van der Waals surface area contributed by atoms with Crippen molar-refractivity contribution in [1.82, 2.24) is 5.32 Å². The lowest BCUT2D eigenvalue weighted by Crippen LogP contribution is -2.23. The maximum absolute atomic E-state index is 13.3. The van der Waals surface area contributed by atoms with Gasteiger partial charge >= 0.3 is 0 Å². The highest BCUT2D eigenvalue weighted by Gasteiger charge is 2.16. The monoisotopic (exact) mass is 327 g/mol. The molecule has 0 saturated heterocycles. The van der Waals surface area contributed by atoms with E-state index in [1.54, 1.807) is 12.1 Å². The Hall–Kier alpha value is -1.29. The molecule has 2 unspecified atom stereocenters. The molecule has 2 atom stereocenters. The second kappa shape index (κ2) is 6.65. The van der Waals surface area contributed by atoms with Gasteiger partial charge in [-0.3, -0.25) is 0 Å². The first kappa shape index (κ1) is 16.1. The number of halogens is 3. The Balaban J connectivity index is 2.18. The van der Waals surface area contributed by atoms with Crippen molar-refractivity contribution in [1.29, 1.82) is 0 Å². The van der Waals surface area contributed by atoms with Crippen LogP contribution in [-0.2, 0) is 0 Å². The number of phenolic OH excluding ortho intramolecular Hbond substituents is 1. The summed E-state index contributed by atoms with van der Waals surface area (Å²) in [7, 11) is 0. The predicted molar refractivity (Wildman–Crippen MR) is 84.5 cm³/mol. The van der Waals surface area contributed by atoms with Crippen LogP contribution in [0.2, 0.25) is 10.0 Å². The molecule has 0 bridgehead atoms. The molecule has 0 amide bonds. The van der Waals surface area contributed by atoms with Crippen LogP contribution in [0.3, 0.4) is 0 Å². The van der Waals surface area contributed by atoms with Crippen molar-refractivity contribution in [2.75, 3.05) is 0 Å². The summed E-state index contributed by atoms with van der Waals surface area (Å²) >= 11 is 12.1. The van der Waals surface area contributed by atoms with Crippen LogP contribution < -0.4 is 5.32 Å². The van der Waals surface area contributed by atoms with E-state index < -0.39 is 0 Å². The lowest BCUT2D eigenvalue weighted by atomic mass is 10.0. The maximum atomic E-state index is 13.3. The largest absolute Gasteiger partial charge is 0.508 e. The Morgan fingerprint density at radius 1 is 1.00 bits per heavy atom. The SMILES string of the molecule is CC(NC(C)c1ccc(Cl)cc1Cl)c1cc(F)ccc1O. The first-order valence-corrected chi connectivity index (χ1v) is 7.33. The molecule has 112 valence electrons. The van der Waals surface area contributed by atoms with Crippen molar-refractivity contribution < 1.29 is 9.50 Å². The van der Waals surface area contributed by atoms with Crippen molar-refractivity contribution >= 4 is 23.2 Å². The number of benzene rings is 2. The zero-order valence-corrected chi connectivity index (χ0v) is 13.2. The average molecular weight is 328 g/mol. The molecule has 2 rings (SSSR count). The molecule has 21 heavy (non-hydrogen) atoms. The van der Waals surface area contributed by atoms with Gasteiger partial charge in [-0.25, -0.2) is 4.39 Å². The van der Waals surface area contributed by atoms with E-state index in [0.717, 1.165) is 5.56 Å². The lowest BCUT2D eigenvalue weighted by molar-refractivity contribution is 0.435. The van der Waals surface area contributed by atoms with Crippen molar-refractivity contribution in [2.24, 2.45) is 0 Å². The summed E-state index contributed by atoms with van der Waals surface area (Å²) in [6.45, 7) is 3.80. The standard InChI is InChI=1S/C16H16Cl2FNO/c1-9(13-5-3-11(17)7-15(13)18)20-10(2)14-8-12(19)4-6-16(14)21/h3-10,20-21H,1-2H3. The van der Waals surface area contributed by atoms with Crippen LogP contribution in [0.1, 0.15) is 37.1 Å². The van der Waals surface area contributed by atoms with E-state index in [2.05, 4.69) is 5.32 Å². The topological polar surface area (TPSA) is 32.3 Å². The molecule has 0 aliphatic heterocycles. The number of nitrogens with one attached hydrogen (secondary N) is 1. The second-order valence-corrected chi connectivity index (χ2v) is 5.82. The highest BCUT2D eigenvalue weighted by atomic mass is 35.5. The van der Waals surface area contributed by atoms with Crippen LogP contribution in [0.25, 0.3) is 0 Å².